The van der Waals surface area contributed by atoms with Gasteiger partial charge in [-0.05, 0) is 51.5 Å². The molecule has 0 unspecified atom stereocenters. The number of benzene rings is 2. The van der Waals surface area contributed by atoms with Gasteiger partial charge in [-0.3, -0.25) is 9.59 Å². The highest BCUT2D eigenvalue weighted by Crippen LogP contribution is 2.35. The number of alkyl halides is 3. The number of hydrogen-bond donors (Lipinski definition) is 2. The molecule has 0 saturated carbocycles. The van der Waals surface area contributed by atoms with Crippen LogP contribution in [-0.2, 0) is 15.8 Å². The van der Waals surface area contributed by atoms with Gasteiger partial charge in [0.25, 0.3) is 0 Å². The molecular formula is C20H21F3N2O2. The second-order valence-corrected chi connectivity index (χ2v) is 6.89. The molecule has 144 valence electrons. The Morgan fingerprint density at radius 1 is 0.852 bits per heavy atom. The highest BCUT2D eigenvalue weighted by molar-refractivity contribution is 6.14. The summed E-state index contributed by atoms with van der Waals surface area (Å²) in [6, 6.07) is 10.0. The minimum atomic E-state index is -4.62. The predicted octanol–water partition coefficient (Wildman–Crippen LogP) is 4.93. The van der Waals surface area contributed by atoms with E-state index in [0.29, 0.717) is 5.69 Å². The van der Waals surface area contributed by atoms with E-state index < -0.39 is 29.0 Å². The fraction of sp³-hybridized carbons (Fsp3) is 0.300. The normalized spacial score (nSPS) is 11.8. The molecule has 2 aromatic carbocycles. The van der Waals surface area contributed by atoms with Crippen molar-refractivity contribution < 1.29 is 22.8 Å². The van der Waals surface area contributed by atoms with Crippen LogP contribution in [0.1, 0.15) is 30.5 Å². The van der Waals surface area contributed by atoms with Gasteiger partial charge < -0.3 is 10.6 Å². The largest absolute Gasteiger partial charge is 0.418 e. The van der Waals surface area contributed by atoms with Crippen LogP contribution in [0.2, 0.25) is 0 Å². The Morgan fingerprint density at radius 2 is 1.41 bits per heavy atom. The summed E-state index contributed by atoms with van der Waals surface area (Å²) in [6.07, 6.45) is -4.62. The van der Waals surface area contributed by atoms with Gasteiger partial charge in [0.1, 0.15) is 5.41 Å². The fourth-order valence-electron chi connectivity index (χ4n) is 2.45. The Kier molecular flexibility index (Phi) is 5.63. The lowest BCUT2D eigenvalue weighted by atomic mass is 9.90. The molecule has 0 saturated heterocycles. The van der Waals surface area contributed by atoms with E-state index in [1.165, 1.54) is 26.0 Å². The summed E-state index contributed by atoms with van der Waals surface area (Å²) in [4.78, 5) is 25.1. The van der Waals surface area contributed by atoms with Crippen molar-refractivity contribution in [2.45, 2.75) is 33.9 Å². The summed E-state index contributed by atoms with van der Waals surface area (Å²) in [5.74, 6) is -1.45. The lowest BCUT2D eigenvalue weighted by Crippen LogP contribution is -2.42. The SMILES string of the molecule is Cc1ccc(NC(=O)C(C)(C)C(=O)Nc2ccccc2C(F)(F)F)c(C)c1. The zero-order valence-corrected chi connectivity index (χ0v) is 15.5. The summed E-state index contributed by atoms with van der Waals surface area (Å²) in [7, 11) is 0. The van der Waals surface area contributed by atoms with Gasteiger partial charge in [0.05, 0.1) is 11.3 Å². The van der Waals surface area contributed by atoms with E-state index in [4.69, 9.17) is 0 Å². The van der Waals surface area contributed by atoms with Gasteiger partial charge in [-0.1, -0.05) is 29.8 Å². The zero-order chi connectivity index (χ0) is 20.4. The first-order valence-corrected chi connectivity index (χ1v) is 8.29. The summed E-state index contributed by atoms with van der Waals surface area (Å²) >= 11 is 0. The van der Waals surface area contributed by atoms with E-state index >= 15 is 0 Å². The van der Waals surface area contributed by atoms with E-state index in [2.05, 4.69) is 10.6 Å². The number of anilines is 2. The fourth-order valence-corrected chi connectivity index (χ4v) is 2.45. The van der Waals surface area contributed by atoms with Crippen molar-refractivity contribution in [3.8, 4) is 0 Å². The molecule has 2 N–H and O–H groups in total. The third-order valence-corrected chi connectivity index (χ3v) is 4.25. The Balaban J connectivity index is 2.21. The lowest BCUT2D eigenvalue weighted by molar-refractivity contribution is -0.137. The quantitative estimate of drug-likeness (QED) is 0.742. The van der Waals surface area contributed by atoms with Crippen LogP contribution in [0.25, 0.3) is 0 Å². The standard InChI is InChI=1S/C20H21F3N2O2/c1-12-9-10-15(13(2)11-12)24-17(26)19(3,4)18(27)25-16-8-6-5-7-14(16)20(21,22)23/h5-11H,1-4H3,(H,24,26)(H,25,27). The van der Waals surface area contributed by atoms with Crippen molar-refractivity contribution in [2.75, 3.05) is 10.6 Å². The van der Waals surface area contributed by atoms with Crippen LogP contribution in [0.3, 0.4) is 0 Å². The number of nitrogens with one attached hydrogen (secondary N) is 2. The molecule has 2 amide bonds. The van der Waals surface area contributed by atoms with Crippen LogP contribution in [0.5, 0.6) is 0 Å². The highest BCUT2D eigenvalue weighted by atomic mass is 19.4. The van der Waals surface area contributed by atoms with E-state index in [-0.39, 0.29) is 5.69 Å². The molecule has 0 spiro atoms. The Bertz CT molecular complexity index is 874. The van der Waals surface area contributed by atoms with Crippen molar-refractivity contribution in [1.82, 2.24) is 0 Å². The van der Waals surface area contributed by atoms with Crippen LogP contribution < -0.4 is 10.6 Å². The van der Waals surface area contributed by atoms with Crippen molar-refractivity contribution in [3.05, 3.63) is 59.2 Å². The summed E-state index contributed by atoms with van der Waals surface area (Å²) in [5, 5.41) is 4.90. The average Bonchev–Trinajstić information content (AvgIpc) is 2.56. The van der Waals surface area contributed by atoms with Crippen molar-refractivity contribution in [1.29, 1.82) is 0 Å². The van der Waals surface area contributed by atoms with Gasteiger partial charge in [0, 0.05) is 5.69 Å². The van der Waals surface area contributed by atoms with Gasteiger partial charge in [0.2, 0.25) is 11.8 Å². The molecule has 0 radical (unpaired) electrons. The molecule has 0 aliphatic carbocycles. The summed E-state index contributed by atoms with van der Waals surface area (Å²) in [6.45, 7) is 6.44. The van der Waals surface area contributed by atoms with Gasteiger partial charge in [-0.15, -0.1) is 0 Å². The zero-order valence-electron chi connectivity index (χ0n) is 15.5. The number of halogens is 3. The topological polar surface area (TPSA) is 58.2 Å². The molecule has 0 atom stereocenters. The smallest absolute Gasteiger partial charge is 0.325 e. The summed E-state index contributed by atoms with van der Waals surface area (Å²) < 4.78 is 39.3. The number of carbonyl (C=O) groups excluding carboxylic acids is 2. The minimum Gasteiger partial charge on any atom is -0.325 e. The first-order valence-electron chi connectivity index (χ1n) is 8.29. The Morgan fingerprint density at radius 3 is 1.96 bits per heavy atom. The second-order valence-electron chi connectivity index (χ2n) is 6.89. The van der Waals surface area contributed by atoms with E-state index in [0.717, 1.165) is 23.3 Å². The van der Waals surface area contributed by atoms with Crippen LogP contribution in [0.15, 0.2) is 42.5 Å². The first-order chi connectivity index (χ1) is 12.4. The molecule has 2 rings (SSSR count). The minimum absolute atomic E-state index is 0.387. The molecule has 0 aromatic heterocycles. The van der Waals surface area contributed by atoms with Crippen molar-refractivity contribution in [2.24, 2.45) is 5.41 Å². The van der Waals surface area contributed by atoms with Gasteiger partial charge in [-0.2, -0.15) is 13.2 Å². The first kappa shape index (κ1) is 20.5. The second kappa shape index (κ2) is 7.42. The third-order valence-electron chi connectivity index (χ3n) is 4.25. The third kappa shape index (κ3) is 4.67. The molecule has 4 nitrogen and oxygen atoms in total. The maximum atomic E-state index is 13.1. The number of amides is 2. The predicted molar refractivity (Wildman–Crippen MR) is 98.4 cm³/mol. The Labute approximate surface area is 155 Å². The average molecular weight is 378 g/mol. The maximum Gasteiger partial charge on any atom is 0.418 e. The van der Waals surface area contributed by atoms with Crippen LogP contribution >= 0.6 is 0 Å². The van der Waals surface area contributed by atoms with Crippen LogP contribution in [0.4, 0.5) is 24.5 Å². The van der Waals surface area contributed by atoms with E-state index in [1.807, 2.05) is 26.0 Å². The maximum absolute atomic E-state index is 13.1. The molecule has 2 aromatic rings. The highest BCUT2D eigenvalue weighted by Gasteiger charge is 2.39. The number of para-hydroxylation sites is 1. The number of rotatable bonds is 4. The number of aryl methyl sites for hydroxylation is 2. The Hall–Kier alpha value is -2.83. The molecule has 0 heterocycles. The molecule has 0 bridgehead atoms. The van der Waals surface area contributed by atoms with Gasteiger partial charge >= 0.3 is 6.18 Å². The molecule has 7 heteroatoms. The van der Waals surface area contributed by atoms with Crippen LogP contribution in [0, 0.1) is 19.3 Å². The molecule has 0 fully saturated rings. The van der Waals surface area contributed by atoms with Gasteiger partial charge in [-0.25, -0.2) is 0 Å². The van der Waals surface area contributed by atoms with Gasteiger partial charge in [0.15, 0.2) is 0 Å². The number of hydrogen-bond acceptors (Lipinski definition) is 2. The summed E-state index contributed by atoms with van der Waals surface area (Å²) in [5.41, 5.74) is -0.558. The lowest BCUT2D eigenvalue weighted by Gasteiger charge is -2.24. The molecule has 0 aliphatic heterocycles. The molecule has 0 aliphatic rings. The van der Waals surface area contributed by atoms with Crippen molar-refractivity contribution in [3.63, 3.8) is 0 Å². The molecule has 27 heavy (non-hydrogen) atoms. The molecular weight excluding hydrogens is 357 g/mol. The van der Waals surface area contributed by atoms with E-state index in [1.54, 1.807) is 6.07 Å². The van der Waals surface area contributed by atoms with Crippen molar-refractivity contribution >= 4 is 23.2 Å². The van der Waals surface area contributed by atoms with E-state index in [9.17, 15) is 22.8 Å². The monoisotopic (exact) mass is 378 g/mol. The van der Waals surface area contributed by atoms with Crippen LogP contribution in [-0.4, -0.2) is 11.8 Å². The number of carbonyl (C=O) groups is 2.